The van der Waals surface area contributed by atoms with Crippen LogP contribution in [-0.2, 0) is 5.88 Å². The number of rotatable bonds is 1. The van der Waals surface area contributed by atoms with Gasteiger partial charge in [-0.3, -0.25) is 4.98 Å². The Balaban J connectivity index is 2.67. The molecule has 0 amide bonds. The number of alkyl halides is 1. The molecule has 0 radical (unpaired) electrons. The number of pyridine rings is 1. The highest BCUT2D eigenvalue weighted by molar-refractivity contribution is 6.17. The fourth-order valence-corrected chi connectivity index (χ4v) is 1.37. The van der Waals surface area contributed by atoms with Crippen LogP contribution in [0.15, 0.2) is 36.5 Å². The lowest BCUT2D eigenvalue weighted by molar-refractivity contribution is 1.37. The van der Waals surface area contributed by atoms with E-state index >= 15 is 0 Å². The summed E-state index contributed by atoms with van der Waals surface area (Å²) in [5, 5.41) is 1.15. The summed E-state index contributed by atoms with van der Waals surface area (Å²) in [5.74, 6) is 0.560. The van der Waals surface area contributed by atoms with Crippen LogP contribution in [0.5, 0.6) is 0 Å². The molecule has 2 aromatic rings. The van der Waals surface area contributed by atoms with Gasteiger partial charge in [0.2, 0.25) is 0 Å². The number of fused-ring (bicyclic) bond motifs is 1. The third-order valence-electron chi connectivity index (χ3n) is 1.82. The van der Waals surface area contributed by atoms with Gasteiger partial charge in [0.15, 0.2) is 0 Å². The second kappa shape index (κ2) is 3.11. The molecule has 0 saturated carbocycles. The molecule has 0 fully saturated rings. The summed E-state index contributed by atoms with van der Waals surface area (Å²) in [5.41, 5.74) is 2.16. The summed E-state index contributed by atoms with van der Waals surface area (Å²) >= 11 is 5.71. The maximum atomic E-state index is 5.71. The predicted octanol–water partition coefficient (Wildman–Crippen LogP) is 2.97. The van der Waals surface area contributed by atoms with Gasteiger partial charge in [0.1, 0.15) is 0 Å². The lowest BCUT2D eigenvalue weighted by Gasteiger charge is -1.98. The van der Waals surface area contributed by atoms with Gasteiger partial charge in [-0.25, -0.2) is 0 Å². The minimum absolute atomic E-state index is 0.560. The second-order valence-electron chi connectivity index (χ2n) is 2.66. The zero-order valence-electron chi connectivity index (χ0n) is 6.50. The minimum Gasteiger partial charge on any atom is -0.256 e. The van der Waals surface area contributed by atoms with E-state index in [-0.39, 0.29) is 0 Å². The van der Waals surface area contributed by atoms with Crippen LogP contribution < -0.4 is 0 Å². The van der Waals surface area contributed by atoms with Crippen LogP contribution >= 0.6 is 11.6 Å². The van der Waals surface area contributed by atoms with Crippen molar-refractivity contribution in [3.05, 3.63) is 42.1 Å². The van der Waals surface area contributed by atoms with Crippen molar-refractivity contribution in [2.24, 2.45) is 0 Å². The van der Waals surface area contributed by atoms with E-state index in [1.54, 1.807) is 6.20 Å². The Kier molecular flexibility index (Phi) is 1.96. The van der Waals surface area contributed by atoms with Crippen molar-refractivity contribution in [3.63, 3.8) is 0 Å². The first-order valence-corrected chi connectivity index (χ1v) is 4.33. The SMILES string of the molecule is ClCc1ccc2ncccc2c1. The Labute approximate surface area is 76.0 Å². The van der Waals surface area contributed by atoms with Gasteiger partial charge >= 0.3 is 0 Å². The number of aromatic nitrogens is 1. The molecule has 0 atom stereocenters. The number of hydrogen-bond donors (Lipinski definition) is 0. The summed E-state index contributed by atoms with van der Waals surface area (Å²) in [6.45, 7) is 0. The standard InChI is InChI=1S/C10H8ClN/c11-7-8-3-4-10-9(6-8)2-1-5-12-10/h1-6H,7H2. The molecule has 12 heavy (non-hydrogen) atoms. The highest BCUT2D eigenvalue weighted by atomic mass is 35.5. The molecule has 2 heteroatoms. The normalized spacial score (nSPS) is 10.4. The zero-order valence-corrected chi connectivity index (χ0v) is 7.25. The van der Waals surface area contributed by atoms with Gasteiger partial charge in [-0.15, -0.1) is 11.6 Å². The first-order valence-electron chi connectivity index (χ1n) is 3.80. The van der Waals surface area contributed by atoms with E-state index in [9.17, 15) is 0 Å². The molecule has 0 aliphatic heterocycles. The average Bonchev–Trinajstić information content (AvgIpc) is 2.17. The minimum atomic E-state index is 0.560. The Morgan fingerprint density at radius 2 is 2.17 bits per heavy atom. The number of nitrogens with zero attached hydrogens (tertiary/aromatic N) is 1. The molecule has 0 unspecified atom stereocenters. The van der Waals surface area contributed by atoms with Crippen molar-refractivity contribution in [3.8, 4) is 0 Å². The summed E-state index contributed by atoms with van der Waals surface area (Å²) in [4.78, 5) is 4.21. The van der Waals surface area contributed by atoms with Crippen LogP contribution in [-0.4, -0.2) is 4.98 Å². The van der Waals surface area contributed by atoms with E-state index in [0.29, 0.717) is 5.88 Å². The molecule has 0 aliphatic rings. The van der Waals surface area contributed by atoms with Gasteiger partial charge in [0.25, 0.3) is 0 Å². The van der Waals surface area contributed by atoms with Crippen LogP contribution in [0.3, 0.4) is 0 Å². The number of halogens is 1. The summed E-state index contributed by atoms with van der Waals surface area (Å²) in [6, 6.07) is 10.0. The molecule has 1 heterocycles. The Hall–Kier alpha value is -1.08. The van der Waals surface area contributed by atoms with Crippen molar-refractivity contribution < 1.29 is 0 Å². The zero-order chi connectivity index (χ0) is 8.39. The molecule has 2 rings (SSSR count). The van der Waals surface area contributed by atoms with Gasteiger partial charge < -0.3 is 0 Å². The van der Waals surface area contributed by atoms with Gasteiger partial charge in [-0.05, 0) is 23.8 Å². The topological polar surface area (TPSA) is 12.9 Å². The Morgan fingerprint density at radius 3 is 3.00 bits per heavy atom. The van der Waals surface area contributed by atoms with Crippen LogP contribution in [0.4, 0.5) is 0 Å². The molecule has 0 bridgehead atoms. The summed E-state index contributed by atoms with van der Waals surface area (Å²) in [7, 11) is 0. The van der Waals surface area contributed by atoms with Crippen molar-refractivity contribution in [2.75, 3.05) is 0 Å². The first-order chi connectivity index (χ1) is 5.90. The molecule has 0 saturated heterocycles. The third-order valence-corrected chi connectivity index (χ3v) is 2.13. The van der Waals surface area contributed by atoms with E-state index in [1.165, 1.54) is 0 Å². The van der Waals surface area contributed by atoms with Crippen molar-refractivity contribution >= 4 is 22.5 Å². The number of benzene rings is 1. The average molecular weight is 178 g/mol. The van der Waals surface area contributed by atoms with Crippen molar-refractivity contribution in [1.29, 1.82) is 0 Å². The lowest BCUT2D eigenvalue weighted by Crippen LogP contribution is -1.80. The van der Waals surface area contributed by atoms with Crippen molar-refractivity contribution in [1.82, 2.24) is 4.98 Å². The van der Waals surface area contributed by atoms with E-state index < -0.39 is 0 Å². The molecule has 0 N–H and O–H groups in total. The molecular formula is C10H8ClN. The Morgan fingerprint density at radius 1 is 1.25 bits per heavy atom. The largest absolute Gasteiger partial charge is 0.256 e. The van der Waals surface area contributed by atoms with Crippen LogP contribution in [0.2, 0.25) is 0 Å². The smallest absolute Gasteiger partial charge is 0.0702 e. The molecule has 1 aromatic carbocycles. The fraction of sp³-hybridized carbons (Fsp3) is 0.100. The molecule has 0 aliphatic carbocycles. The van der Waals surface area contributed by atoms with Gasteiger partial charge in [0, 0.05) is 17.5 Å². The highest BCUT2D eigenvalue weighted by Gasteiger charge is 1.94. The van der Waals surface area contributed by atoms with Crippen LogP contribution in [0.25, 0.3) is 10.9 Å². The van der Waals surface area contributed by atoms with E-state index in [4.69, 9.17) is 11.6 Å². The quantitative estimate of drug-likeness (QED) is 0.611. The Bertz CT molecular complexity index is 398. The van der Waals surface area contributed by atoms with Crippen LogP contribution in [0, 0.1) is 0 Å². The molecule has 60 valence electrons. The van der Waals surface area contributed by atoms with E-state index in [0.717, 1.165) is 16.5 Å². The molecular weight excluding hydrogens is 170 g/mol. The summed E-state index contributed by atoms with van der Waals surface area (Å²) < 4.78 is 0. The first kappa shape index (κ1) is 7.56. The van der Waals surface area contributed by atoms with Crippen LogP contribution in [0.1, 0.15) is 5.56 Å². The maximum absolute atomic E-state index is 5.71. The number of hydrogen-bond acceptors (Lipinski definition) is 1. The summed E-state index contributed by atoms with van der Waals surface area (Å²) in [6.07, 6.45) is 1.79. The fourth-order valence-electron chi connectivity index (χ4n) is 1.21. The van der Waals surface area contributed by atoms with E-state index in [1.807, 2.05) is 24.3 Å². The third kappa shape index (κ3) is 1.28. The monoisotopic (exact) mass is 177 g/mol. The van der Waals surface area contributed by atoms with Gasteiger partial charge in [-0.2, -0.15) is 0 Å². The van der Waals surface area contributed by atoms with Gasteiger partial charge in [0.05, 0.1) is 5.52 Å². The molecule has 1 aromatic heterocycles. The lowest BCUT2D eigenvalue weighted by atomic mass is 10.1. The van der Waals surface area contributed by atoms with Gasteiger partial charge in [-0.1, -0.05) is 12.1 Å². The highest BCUT2D eigenvalue weighted by Crippen LogP contribution is 2.14. The molecule has 0 spiro atoms. The maximum Gasteiger partial charge on any atom is 0.0702 e. The second-order valence-corrected chi connectivity index (χ2v) is 2.93. The van der Waals surface area contributed by atoms with E-state index in [2.05, 4.69) is 11.1 Å². The predicted molar refractivity (Wildman–Crippen MR) is 51.3 cm³/mol. The molecule has 1 nitrogen and oxygen atoms in total. The van der Waals surface area contributed by atoms with Crippen molar-refractivity contribution in [2.45, 2.75) is 5.88 Å².